The van der Waals surface area contributed by atoms with E-state index in [9.17, 15) is 9.50 Å². The highest BCUT2D eigenvalue weighted by molar-refractivity contribution is 5.79. The third kappa shape index (κ3) is 6.45. The van der Waals surface area contributed by atoms with Crippen molar-refractivity contribution in [3.8, 4) is 11.5 Å². The van der Waals surface area contributed by atoms with Gasteiger partial charge in [-0.1, -0.05) is 12.1 Å². The Morgan fingerprint density at radius 3 is 2.41 bits per heavy atom. The average molecular weight is 375 g/mol. The minimum atomic E-state index is -0.785. The Bertz CT molecular complexity index is 746. The molecule has 3 N–H and O–H groups in total. The van der Waals surface area contributed by atoms with Crippen molar-refractivity contribution in [2.45, 2.75) is 19.6 Å². The molecule has 0 heterocycles. The van der Waals surface area contributed by atoms with Crippen molar-refractivity contribution in [1.29, 1.82) is 0 Å². The van der Waals surface area contributed by atoms with Crippen LogP contribution in [0.1, 0.15) is 24.2 Å². The Balaban J connectivity index is 2.03. The number of nitrogens with zero attached hydrogens (tertiary/aromatic N) is 1. The van der Waals surface area contributed by atoms with E-state index in [1.165, 1.54) is 12.1 Å². The fourth-order valence-corrected chi connectivity index (χ4v) is 2.48. The second-order valence-corrected chi connectivity index (χ2v) is 5.87. The molecule has 0 aliphatic heterocycles. The Hall–Kier alpha value is -2.80. The molecule has 0 spiro atoms. The largest absolute Gasteiger partial charge is 0.497 e. The summed E-state index contributed by atoms with van der Waals surface area (Å²) in [7, 11) is 3.12. The lowest BCUT2D eigenvalue weighted by molar-refractivity contribution is 0.180. The number of rotatable bonds is 8. The number of aliphatic imine (C=N–C) groups is 1. The fraction of sp³-hybridized carbons (Fsp3) is 0.350. The van der Waals surface area contributed by atoms with Gasteiger partial charge in [0, 0.05) is 19.2 Å². The molecule has 7 heteroatoms. The van der Waals surface area contributed by atoms with Gasteiger partial charge in [-0.05, 0) is 42.3 Å². The van der Waals surface area contributed by atoms with Crippen molar-refractivity contribution in [3.63, 3.8) is 0 Å². The molecular formula is C20H26FN3O3. The van der Waals surface area contributed by atoms with Gasteiger partial charge in [0.1, 0.15) is 17.3 Å². The average Bonchev–Trinajstić information content (AvgIpc) is 2.69. The monoisotopic (exact) mass is 375 g/mol. The Labute approximate surface area is 159 Å². The molecular weight excluding hydrogens is 349 g/mol. The number of hydrogen-bond donors (Lipinski definition) is 3. The summed E-state index contributed by atoms with van der Waals surface area (Å²) in [5.41, 5.74) is 1.44. The van der Waals surface area contributed by atoms with E-state index in [1.807, 2.05) is 13.0 Å². The van der Waals surface area contributed by atoms with E-state index >= 15 is 0 Å². The summed E-state index contributed by atoms with van der Waals surface area (Å²) < 4.78 is 23.7. The van der Waals surface area contributed by atoms with Gasteiger partial charge < -0.3 is 25.2 Å². The van der Waals surface area contributed by atoms with E-state index in [0.29, 0.717) is 36.1 Å². The van der Waals surface area contributed by atoms with Gasteiger partial charge in [-0.25, -0.2) is 9.38 Å². The summed E-state index contributed by atoms with van der Waals surface area (Å²) in [5.74, 6) is 1.46. The molecule has 2 aromatic carbocycles. The van der Waals surface area contributed by atoms with Crippen molar-refractivity contribution in [3.05, 3.63) is 59.4 Å². The number of nitrogens with one attached hydrogen (secondary N) is 2. The Morgan fingerprint density at radius 1 is 1.11 bits per heavy atom. The maximum atomic E-state index is 13.3. The summed E-state index contributed by atoms with van der Waals surface area (Å²) in [6.07, 6.45) is -0.785. The van der Waals surface area contributed by atoms with Crippen LogP contribution in [0.3, 0.4) is 0 Å². The molecule has 1 unspecified atom stereocenters. The van der Waals surface area contributed by atoms with Crippen LogP contribution in [0.25, 0.3) is 0 Å². The number of halogens is 1. The molecule has 6 nitrogen and oxygen atoms in total. The van der Waals surface area contributed by atoms with E-state index in [0.717, 1.165) is 5.56 Å². The quantitative estimate of drug-likeness (QED) is 0.489. The lowest BCUT2D eigenvalue weighted by Crippen LogP contribution is -2.39. The Kier molecular flexibility index (Phi) is 7.88. The molecule has 146 valence electrons. The predicted octanol–water partition coefficient (Wildman–Crippen LogP) is 2.63. The molecule has 2 rings (SSSR count). The Morgan fingerprint density at radius 2 is 1.81 bits per heavy atom. The van der Waals surface area contributed by atoms with Crippen LogP contribution >= 0.6 is 0 Å². The van der Waals surface area contributed by atoms with Crippen LogP contribution in [0, 0.1) is 5.82 Å². The van der Waals surface area contributed by atoms with Crippen LogP contribution in [0.4, 0.5) is 4.39 Å². The standard InChI is InChI=1S/C20H26FN3O3/c1-4-22-20(23-12-14-6-5-7-16(21)8-14)24-13-19(25)15-9-17(26-2)11-18(10-15)27-3/h5-11,19,25H,4,12-13H2,1-3H3,(H2,22,23,24). The van der Waals surface area contributed by atoms with E-state index < -0.39 is 6.10 Å². The molecule has 0 saturated heterocycles. The van der Waals surface area contributed by atoms with Crippen molar-refractivity contribution >= 4 is 5.96 Å². The molecule has 0 fully saturated rings. The smallest absolute Gasteiger partial charge is 0.191 e. The maximum Gasteiger partial charge on any atom is 0.191 e. The van der Waals surface area contributed by atoms with Gasteiger partial charge in [-0.15, -0.1) is 0 Å². The van der Waals surface area contributed by atoms with E-state index in [2.05, 4.69) is 15.6 Å². The first-order valence-corrected chi connectivity index (χ1v) is 8.73. The number of benzene rings is 2. The van der Waals surface area contributed by atoms with Crippen molar-refractivity contribution < 1.29 is 19.0 Å². The van der Waals surface area contributed by atoms with Crippen molar-refractivity contribution in [1.82, 2.24) is 10.6 Å². The SMILES string of the molecule is CCNC(=NCc1cccc(F)c1)NCC(O)c1cc(OC)cc(OC)c1. The summed E-state index contributed by atoms with van der Waals surface area (Å²) in [5, 5.41) is 16.7. The third-order valence-corrected chi connectivity index (χ3v) is 3.87. The molecule has 0 aliphatic carbocycles. The number of guanidine groups is 1. The minimum absolute atomic E-state index is 0.241. The highest BCUT2D eigenvalue weighted by Gasteiger charge is 2.12. The molecule has 0 aromatic heterocycles. The molecule has 0 radical (unpaired) electrons. The van der Waals surface area contributed by atoms with Crippen LogP contribution < -0.4 is 20.1 Å². The van der Waals surface area contributed by atoms with Gasteiger partial charge in [0.05, 0.1) is 26.9 Å². The van der Waals surface area contributed by atoms with Gasteiger partial charge in [-0.2, -0.15) is 0 Å². The first-order valence-electron chi connectivity index (χ1n) is 8.73. The molecule has 1 atom stereocenters. The van der Waals surface area contributed by atoms with Gasteiger partial charge in [0.2, 0.25) is 0 Å². The second kappa shape index (κ2) is 10.4. The first kappa shape index (κ1) is 20.5. The van der Waals surface area contributed by atoms with Crippen LogP contribution in [0.5, 0.6) is 11.5 Å². The number of hydrogen-bond acceptors (Lipinski definition) is 4. The zero-order valence-electron chi connectivity index (χ0n) is 15.8. The molecule has 2 aromatic rings. The van der Waals surface area contributed by atoms with Crippen molar-refractivity contribution in [2.75, 3.05) is 27.3 Å². The van der Waals surface area contributed by atoms with Crippen LogP contribution in [-0.2, 0) is 6.54 Å². The van der Waals surface area contributed by atoms with Gasteiger partial charge in [0.25, 0.3) is 0 Å². The highest BCUT2D eigenvalue weighted by Crippen LogP contribution is 2.26. The molecule has 0 aliphatic rings. The fourth-order valence-electron chi connectivity index (χ4n) is 2.48. The highest BCUT2D eigenvalue weighted by atomic mass is 19.1. The van der Waals surface area contributed by atoms with Crippen LogP contribution in [0.15, 0.2) is 47.5 Å². The predicted molar refractivity (Wildman–Crippen MR) is 104 cm³/mol. The first-order chi connectivity index (χ1) is 13.0. The molecule has 0 amide bonds. The van der Waals surface area contributed by atoms with Crippen molar-refractivity contribution in [2.24, 2.45) is 4.99 Å². The van der Waals surface area contributed by atoms with E-state index in [4.69, 9.17) is 9.47 Å². The summed E-state index contributed by atoms with van der Waals surface area (Å²) in [6.45, 7) is 3.18. The lowest BCUT2D eigenvalue weighted by atomic mass is 10.1. The maximum absolute atomic E-state index is 13.3. The summed E-state index contributed by atoms with van der Waals surface area (Å²) in [6, 6.07) is 11.6. The molecule has 0 saturated carbocycles. The van der Waals surface area contributed by atoms with Gasteiger partial charge in [0.15, 0.2) is 5.96 Å². The third-order valence-electron chi connectivity index (χ3n) is 3.87. The van der Waals surface area contributed by atoms with Crippen LogP contribution in [-0.4, -0.2) is 38.4 Å². The topological polar surface area (TPSA) is 75.1 Å². The number of ether oxygens (including phenoxy) is 2. The van der Waals surface area contributed by atoms with Gasteiger partial charge in [-0.3, -0.25) is 0 Å². The summed E-state index contributed by atoms with van der Waals surface area (Å²) >= 11 is 0. The van der Waals surface area contributed by atoms with E-state index in [1.54, 1.807) is 38.5 Å². The second-order valence-electron chi connectivity index (χ2n) is 5.87. The van der Waals surface area contributed by atoms with E-state index in [-0.39, 0.29) is 12.4 Å². The number of methoxy groups -OCH3 is 2. The molecule has 0 bridgehead atoms. The number of aliphatic hydroxyl groups is 1. The van der Waals surface area contributed by atoms with Gasteiger partial charge >= 0.3 is 0 Å². The zero-order valence-corrected chi connectivity index (χ0v) is 15.8. The minimum Gasteiger partial charge on any atom is -0.497 e. The van der Waals surface area contributed by atoms with Crippen LogP contribution in [0.2, 0.25) is 0 Å². The summed E-state index contributed by atoms with van der Waals surface area (Å²) in [4.78, 5) is 4.43. The number of aliphatic hydroxyl groups excluding tert-OH is 1. The molecule has 27 heavy (non-hydrogen) atoms. The normalized spacial score (nSPS) is 12.4. The lowest BCUT2D eigenvalue weighted by Gasteiger charge is -2.17. The zero-order chi connectivity index (χ0) is 19.6.